The average Bonchev–Trinajstić information content (AvgIpc) is 3.30. The van der Waals surface area contributed by atoms with Crippen LogP contribution in [-0.4, -0.2) is 0 Å². The van der Waals surface area contributed by atoms with Gasteiger partial charge in [0.1, 0.15) is 0 Å². The molecule has 1 atom stereocenters. The molecule has 1 aliphatic carbocycles. The van der Waals surface area contributed by atoms with Crippen LogP contribution in [-0.2, 0) is 6.54 Å². The number of benzene rings is 2. The highest BCUT2D eigenvalue weighted by molar-refractivity contribution is 5.33. The van der Waals surface area contributed by atoms with E-state index in [0.29, 0.717) is 6.04 Å². The van der Waals surface area contributed by atoms with Crippen LogP contribution in [0.25, 0.3) is 0 Å². The van der Waals surface area contributed by atoms with Gasteiger partial charge in [0.15, 0.2) is 0 Å². The topological polar surface area (TPSA) is 12.0 Å². The van der Waals surface area contributed by atoms with Crippen molar-refractivity contribution in [2.75, 3.05) is 0 Å². The highest BCUT2D eigenvalue weighted by atomic mass is 14.9. The summed E-state index contributed by atoms with van der Waals surface area (Å²) in [4.78, 5) is 0. The van der Waals surface area contributed by atoms with Crippen molar-refractivity contribution in [1.82, 2.24) is 5.32 Å². The van der Waals surface area contributed by atoms with Crippen LogP contribution >= 0.6 is 0 Å². The van der Waals surface area contributed by atoms with Crippen molar-refractivity contribution in [1.29, 1.82) is 0 Å². The van der Waals surface area contributed by atoms with Crippen molar-refractivity contribution in [3.8, 4) is 0 Å². The van der Waals surface area contributed by atoms with E-state index in [4.69, 9.17) is 0 Å². The summed E-state index contributed by atoms with van der Waals surface area (Å²) in [5.41, 5.74) is 7.03. The average molecular weight is 279 g/mol. The molecule has 1 N–H and O–H groups in total. The van der Waals surface area contributed by atoms with E-state index in [9.17, 15) is 0 Å². The summed E-state index contributed by atoms with van der Waals surface area (Å²) in [5.74, 6) is 0.835. The third-order valence-electron chi connectivity index (χ3n) is 4.50. The Morgan fingerprint density at radius 3 is 2.62 bits per heavy atom. The minimum absolute atomic E-state index is 0.384. The summed E-state index contributed by atoms with van der Waals surface area (Å²) in [7, 11) is 0. The Morgan fingerprint density at radius 2 is 1.90 bits per heavy atom. The van der Waals surface area contributed by atoms with Gasteiger partial charge >= 0.3 is 0 Å². The fourth-order valence-corrected chi connectivity index (χ4v) is 3.07. The predicted molar refractivity (Wildman–Crippen MR) is 89.6 cm³/mol. The zero-order chi connectivity index (χ0) is 14.8. The molecule has 1 fully saturated rings. The van der Waals surface area contributed by atoms with Crippen LogP contribution in [0.5, 0.6) is 0 Å². The fourth-order valence-electron chi connectivity index (χ4n) is 3.07. The molecule has 0 amide bonds. The van der Waals surface area contributed by atoms with Gasteiger partial charge in [0.05, 0.1) is 0 Å². The van der Waals surface area contributed by atoms with Crippen LogP contribution < -0.4 is 5.32 Å². The molecule has 1 aliphatic rings. The Bertz CT molecular complexity index is 625. The van der Waals surface area contributed by atoms with Gasteiger partial charge < -0.3 is 5.32 Å². The van der Waals surface area contributed by atoms with Gasteiger partial charge in [-0.05, 0) is 61.8 Å². The molecule has 2 aromatic carbocycles. The summed E-state index contributed by atoms with van der Waals surface area (Å²) < 4.78 is 0. The second-order valence-electron chi connectivity index (χ2n) is 6.48. The quantitative estimate of drug-likeness (QED) is 0.809. The largest absolute Gasteiger partial charge is 0.306 e. The first kappa shape index (κ1) is 14.3. The van der Waals surface area contributed by atoms with Gasteiger partial charge in [-0.25, -0.2) is 0 Å². The van der Waals surface area contributed by atoms with Crippen molar-refractivity contribution in [2.45, 2.75) is 52.1 Å². The van der Waals surface area contributed by atoms with E-state index in [-0.39, 0.29) is 0 Å². The van der Waals surface area contributed by atoms with Crippen LogP contribution in [0.1, 0.15) is 59.5 Å². The van der Waals surface area contributed by atoms with E-state index >= 15 is 0 Å². The molecule has 110 valence electrons. The van der Waals surface area contributed by atoms with E-state index in [1.165, 1.54) is 40.7 Å². The van der Waals surface area contributed by atoms with E-state index < -0.39 is 0 Å². The minimum atomic E-state index is 0.384. The molecular weight excluding hydrogens is 254 g/mol. The van der Waals surface area contributed by atoms with Crippen LogP contribution in [0, 0.1) is 13.8 Å². The van der Waals surface area contributed by atoms with Crippen LogP contribution in [0.15, 0.2) is 42.5 Å². The van der Waals surface area contributed by atoms with Crippen molar-refractivity contribution < 1.29 is 0 Å². The zero-order valence-electron chi connectivity index (χ0n) is 13.3. The monoisotopic (exact) mass is 279 g/mol. The van der Waals surface area contributed by atoms with Gasteiger partial charge in [0, 0.05) is 12.6 Å². The molecule has 1 unspecified atom stereocenters. The van der Waals surface area contributed by atoms with E-state index in [2.05, 4.69) is 68.6 Å². The van der Waals surface area contributed by atoms with Crippen LogP contribution in [0.3, 0.4) is 0 Å². The van der Waals surface area contributed by atoms with Crippen LogP contribution in [0.4, 0.5) is 0 Å². The lowest BCUT2D eigenvalue weighted by molar-refractivity contribution is 0.572. The van der Waals surface area contributed by atoms with Crippen LogP contribution in [0.2, 0.25) is 0 Å². The maximum absolute atomic E-state index is 3.66. The Labute approximate surface area is 128 Å². The molecule has 0 bridgehead atoms. The lowest BCUT2D eigenvalue weighted by Gasteiger charge is -2.17. The van der Waals surface area contributed by atoms with E-state index in [1.54, 1.807) is 0 Å². The van der Waals surface area contributed by atoms with Gasteiger partial charge in [-0.3, -0.25) is 0 Å². The summed E-state index contributed by atoms with van der Waals surface area (Å²) in [6.45, 7) is 7.55. The molecule has 0 saturated heterocycles. The smallest absolute Gasteiger partial charge is 0.0297 e. The molecule has 0 aliphatic heterocycles. The number of nitrogens with one attached hydrogen (secondary N) is 1. The Hall–Kier alpha value is -1.60. The van der Waals surface area contributed by atoms with E-state index in [0.717, 1.165) is 12.5 Å². The molecule has 3 rings (SSSR count). The summed E-state index contributed by atoms with van der Waals surface area (Å²) in [6.07, 6.45) is 2.74. The lowest BCUT2D eigenvalue weighted by Crippen LogP contribution is -2.19. The SMILES string of the molecule is Cc1ccc(C(C)NCc2cccc(C3CC3)c2)c(C)c1. The summed E-state index contributed by atoms with van der Waals surface area (Å²) >= 11 is 0. The Kier molecular flexibility index (Phi) is 4.12. The molecule has 21 heavy (non-hydrogen) atoms. The number of hydrogen-bond donors (Lipinski definition) is 1. The number of aryl methyl sites for hydroxylation is 2. The Morgan fingerprint density at radius 1 is 1.10 bits per heavy atom. The Balaban J connectivity index is 1.65. The second kappa shape index (κ2) is 6.03. The molecule has 1 nitrogen and oxygen atoms in total. The van der Waals surface area contributed by atoms with Gasteiger partial charge in [-0.15, -0.1) is 0 Å². The van der Waals surface area contributed by atoms with Gasteiger partial charge in [-0.1, -0.05) is 48.0 Å². The first-order chi connectivity index (χ1) is 10.1. The first-order valence-corrected chi connectivity index (χ1v) is 8.03. The third-order valence-corrected chi connectivity index (χ3v) is 4.50. The number of hydrogen-bond acceptors (Lipinski definition) is 1. The van der Waals surface area contributed by atoms with E-state index in [1.807, 2.05) is 0 Å². The lowest BCUT2D eigenvalue weighted by atomic mass is 10.00. The molecule has 0 aromatic heterocycles. The highest BCUT2D eigenvalue weighted by Crippen LogP contribution is 2.40. The van der Waals surface area contributed by atoms with Crippen molar-refractivity contribution in [3.05, 3.63) is 70.3 Å². The molecule has 0 spiro atoms. The standard InChI is InChI=1S/C20H25N/c1-14-7-10-20(15(2)11-14)16(3)21-13-17-5-4-6-19(12-17)18-8-9-18/h4-7,10-12,16,18,21H,8-9,13H2,1-3H3. The van der Waals surface area contributed by atoms with Gasteiger partial charge in [0.25, 0.3) is 0 Å². The molecule has 0 heterocycles. The minimum Gasteiger partial charge on any atom is -0.306 e. The predicted octanol–water partition coefficient (Wildman–Crippen LogP) is 5.03. The fraction of sp³-hybridized carbons (Fsp3) is 0.400. The normalized spacial score (nSPS) is 16.0. The first-order valence-electron chi connectivity index (χ1n) is 8.03. The van der Waals surface area contributed by atoms with Crippen molar-refractivity contribution in [2.24, 2.45) is 0 Å². The van der Waals surface area contributed by atoms with Crippen molar-refractivity contribution >= 4 is 0 Å². The number of rotatable bonds is 5. The second-order valence-corrected chi connectivity index (χ2v) is 6.48. The van der Waals surface area contributed by atoms with Gasteiger partial charge in [-0.2, -0.15) is 0 Å². The zero-order valence-corrected chi connectivity index (χ0v) is 13.3. The highest BCUT2D eigenvalue weighted by Gasteiger charge is 2.23. The molecule has 2 aromatic rings. The van der Waals surface area contributed by atoms with Gasteiger partial charge in [0.2, 0.25) is 0 Å². The molecule has 0 radical (unpaired) electrons. The maximum atomic E-state index is 3.66. The molecular formula is C20H25N. The molecule has 1 heteroatoms. The summed E-state index contributed by atoms with van der Waals surface area (Å²) in [6, 6.07) is 16.2. The summed E-state index contributed by atoms with van der Waals surface area (Å²) in [5, 5.41) is 3.66. The third kappa shape index (κ3) is 3.54. The molecule has 1 saturated carbocycles. The maximum Gasteiger partial charge on any atom is 0.0297 e. The van der Waals surface area contributed by atoms with Crippen molar-refractivity contribution in [3.63, 3.8) is 0 Å².